The summed E-state index contributed by atoms with van der Waals surface area (Å²) in [7, 11) is 0. The molecule has 0 aliphatic heterocycles. The highest BCUT2D eigenvalue weighted by atomic mass is 19.1. The average Bonchev–Trinajstić information content (AvgIpc) is 2.32. The zero-order valence-electron chi connectivity index (χ0n) is 13.1. The Bertz CT molecular complexity index is 418. The van der Waals surface area contributed by atoms with Crippen LogP contribution in [0.5, 0.6) is 0 Å². The molecule has 0 saturated carbocycles. The fraction of sp³-hybridized carbons (Fsp3) is 0.625. The van der Waals surface area contributed by atoms with Gasteiger partial charge in [-0.25, -0.2) is 4.39 Å². The monoisotopic (exact) mass is 283 g/mol. The minimum atomic E-state index is -0.545. The van der Waals surface area contributed by atoms with Crippen LogP contribution < -0.4 is 5.32 Å². The summed E-state index contributed by atoms with van der Waals surface area (Å²) >= 11 is 0. The Labute approximate surface area is 121 Å². The highest BCUT2D eigenvalue weighted by Crippen LogP contribution is 2.14. The van der Waals surface area contributed by atoms with Crippen LogP contribution in [0.25, 0.3) is 0 Å². The molecule has 3 nitrogen and oxygen atoms in total. The molecule has 2 N–H and O–H groups in total. The van der Waals surface area contributed by atoms with Crippen molar-refractivity contribution in [1.29, 1.82) is 0 Å². The summed E-state index contributed by atoms with van der Waals surface area (Å²) in [5.41, 5.74) is 2.08. The minimum Gasteiger partial charge on any atom is -0.389 e. The minimum absolute atomic E-state index is 0.146. The van der Waals surface area contributed by atoms with Crippen molar-refractivity contribution in [2.24, 2.45) is 0 Å². The molecule has 4 heteroatoms. The van der Waals surface area contributed by atoms with Crippen molar-refractivity contribution in [2.45, 2.75) is 52.9 Å². The van der Waals surface area contributed by atoms with E-state index in [1.165, 1.54) is 0 Å². The van der Waals surface area contributed by atoms with Gasteiger partial charge in [0.15, 0.2) is 0 Å². The second-order valence-electron chi connectivity index (χ2n) is 6.25. The first-order valence-corrected chi connectivity index (χ1v) is 6.97. The SMILES string of the molecule is Cc1cc(CNCC(O)COC(C)(C)C)cc(C)c1F. The Morgan fingerprint density at radius 2 is 1.80 bits per heavy atom. The summed E-state index contributed by atoms with van der Waals surface area (Å²) in [6.45, 7) is 10.7. The van der Waals surface area contributed by atoms with Crippen molar-refractivity contribution < 1.29 is 14.2 Å². The van der Waals surface area contributed by atoms with Crippen LogP contribution in [-0.2, 0) is 11.3 Å². The van der Waals surface area contributed by atoms with Crippen molar-refractivity contribution in [1.82, 2.24) is 5.32 Å². The van der Waals surface area contributed by atoms with Gasteiger partial charge in [0.05, 0.1) is 18.3 Å². The summed E-state index contributed by atoms with van der Waals surface area (Å²) in [5, 5.41) is 13.0. The number of hydrogen-bond acceptors (Lipinski definition) is 3. The van der Waals surface area contributed by atoms with E-state index in [1.54, 1.807) is 13.8 Å². The lowest BCUT2D eigenvalue weighted by atomic mass is 10.1. The van der Waals surface area contributed by atoms with Crippen LogP contribution in [0.1, 0.15) is 37.5 Å². The lowest BCUT2D eigenvalue weighted by Crippen LogP contribution is -2.33. The normalized spacial score (nSPS) is 13.6. The highest BCUT2D eigenvalue weighted by molar-refractivity contribution is 5.30. The van der Waals surface area contributed by atoms with E-state index in [0.717, 1.165) is 5.56 Å². The Morgan fingerprint density at radius 1 is 1.25 bits per heavy atom. The van der Waals surface area contributed by atoms with Crippen molar-refractivity contribution in [3.63, 3.8) is 0 Å². The van der Waals surface area contributed by atoms with Crippen molar-refractivity contribution in [2.75, 3.05) is 13.2 Å². The van der Waals surface area contributed by atoms with Gasteiger partial charge in [0.25, 0.3) is 0 Å². The van der Waals surface area contributed by atoms with Gasteiger partial charge in [0.1, 0.15) is 5.82 Å². The fourth-order valence-electron chi connectivity index (χ4n) is 1.93. The number of benzene rings is 1. The molecule has 1 atom stereocenters. The van der Waals surface area contributed by atoms with Gasteiger partial charge in [-0.2, -0.15) is 0 Å². The lowest BCUT2D eigenvalue weighted by molar-refractivity contribution is -0.0479. The predicted octanol–water partition coefficient (Wildman–Crippen LogP) is 2.71. The van der Waals surface area contributed by atoms with Gasteiger partial charge < -0.3 is 15.2 Å². The quantitative estimate of drug-likeness (QED) is 0.843. The second-order valence-corrected chi connectivity index (χ2v) is 6.25. The Morgan fingerprint density at radius 3 is 2.30 bits per heavy atom. The smallest absolute Gasteiger partial charge is 0.129 e. The number of rotatable bonds is 6. The first-order valence-electron chi connectivity index (χ1n) is 6.97. The third kappa shape index (κ3) is 5.99. The van der Waals surface area contributed by atoms with Gasteiger partial charge in [-0.1, -0.05) is 12.1 Å². The summed E-state index contributed by atoms with van der Waals surface area (Å²) in [4.78, 5) is 0. The molecule has 0 spiro atoms. The second kappa shape index (κ2) is 7.16. The third-order valence-electron chi connectivity index (χ3n) is 2.91. The van der Waals surface area contributed by atoms with Gasteiger partial charge in [-0.05, 0) is 51.3 Å². The standard InChI is InChI=1S/C16H26FNO2/c1-11-6-13(7-12(2)15(11)17)8-18-9-14(19)10-20-16(3,4)5/h6-7,14,18-19H,8-10H2,1-5H3. The maximum absolute atomic E-state index is 13.5. The van der Waals surface area contributed by atoms with E-state index in [9.17, 15) is 9.50 Å². The van der Waals surface area contributed by atoms with Crippen LogP contribution in [0, 0.1) is 19.7 Å². The molecule has 0 bridgehead atoms. The lowest BCUT2D eigenvalue weighted by Gasteiger charge is -2.22. The van der Waals surface area contributed by atoms with E-state index in [2.05, 4.69) is 5.32 Å². The molecule has 1 aromatic rings. The van der Waals surface area contributed by atoms with Gasteiger partial charge in [-0.3, -0.25) is 0 Å². The summed E-state index contributed by atoms with van der Waals surface area (Å²) in [6.07, 6.45) is -0.545. The molecule has 0 saturated heterocycles. The topological polar surface area (TPSA) is 41.5 Å². The zero-order chi connectivity index (χ0) is 15.3. The summed E-state index contributed by atoms with van der Waals surface area (Å²) < 4.78 is 19.0. The number of aliphatic hydroxyl groups is 1. The maximum atomic E-state index is 13.5. The molecule has 0 aliphatic rings. The van der Waals surface area contributed by atoms with Crippen LogP contribution in [0.15, 0.2) is 12.1 Å². The zero-order valence-corrected chi connectivity index (χ0v) is 13.1. The van der Waals surface area contributed by atoms with Gasteiger partial charge in [0.2, 0.25) is 0 Å². The van der Waals surface area contributed by atoms with Gasteiger partial charge in [0, 0.05) is 13.1 Å². The molecule has 0 amide bonds. The molecule has 0 radical (unpaired) electrons. The molecule has 1 unspecified atom stereocenters. The van der Waals surface area contributed by atoms with E-state index in [1.807, 2.05) is 32.9 Å². The largest absolute Gasteiger partial charge is 0.389 e. The predicted molar refractivity (Wildman–Crippen MR) is 79.3 cm³/mol. The molecule has 0 aliphatic carbocycles. The first kappa shape index (κ1) is 17.1. The number of halogens is 1. The molecular formula is C16H26FNO2. The number of aryl methyl sites for hydroxylation is 2. The van der Waals surface area contributed by atoms with Crippen molar-refractivity contribution in [3.05, 3.63) is 34.6 Å². The molecule has 114 valence electrons. The van der Waals surface area contributed by atoms with E-state index < -0.39 is 6.10 Å². The number of ether oxygens (including phenoxy) is 1. The molecule has 20 heavy (non-hydrogen) atoms. The van der Waals surface area contributed by atoms with Crippen molar-refractivity contribution >= 4 is 0 Å². The van der Waals surface area contributed by atoms with Crippen LogP contribution >= 0.6 is 0 Å². The van der Waals surface area contributed by atoms with Crippen LogP contribution in [-0.4, -0.2) is 30.0 Å². The van der Waals surface area contributed by atoms with E-state index in [-0.39, 0.29) is 11.4 Å². The van der Waals surface area contributed by atoms with Crippen LogP contribution in [0.2, 0.25) is 0 Å². The number of aliphatic hydroxyl groups excluding tert-OH is 1. The molecule has 0 heterocycles. The maximum Gasteiger partial charge on any atom is 0.129 e. The Hall–Kier alpha value is -0.970. The molecular weight excluding hydrogens is 257 g/mol. The van der Waals surface area contributed by atoms with Crippen LogP contribution in [0.3, 0.4) is 0 Å². The number of hydrogen-bond donors (Lipinski definition) is 2. The van der Waals surface area contributed by atoms with E-state index in [4.69, 9.17) is 4.74 Å². The molecule has 1 rings (SSSR count). The van der Waals surface area contributed by atoms with Gasteiger partial charge in [-0.15, -0.1) is 0 Å². The first-order chi connectivity index (χ1) is 9.19. The van der Waals surface area contributed by atoms with Crippen molar-refractivity contribution in [3.8, 4) is 0 Å². The molecule has 0 fully saturated rings. The van der Waals surface area contributed by atoms with Crippen LogP contribution in [0.4, 0.5) is 4.39 Å². The summed E-state index contributed by atoms with van der Waals surface area (Å²) in [5.74, 6) is -0.146. The van der Waals surface area contributed by atoms with E-state index >= 15 is 0 Å². The van der Waals surface area contributed by atoms with E-state index in [0.29, 0.717) is 30.8 Å². The van der Waals surface area contributed by atoms with Gasteiger partial charge >= 0.3 is 0 Å². The molecule has 1 aromatic carbocycles. The molecule has 0 aromatic heterocycles. The third-order valence-corrected chi connectivity index (χ3v) is 2.91. The Kier molecular flexibility index (Phi) is 6.11. The summed E-state index contributed by atoms with van der Waals surface area (Å²) in [6, 6.07) is 3.65. The number of nitrogens with one attached hydrogen (secondary N) is 1. The highest BCUT2D eigenvalue weighted by Gasteiger charge is 2.13. The Balaban J connectivity index is 2.37. The fourth-order valence-corrected chi connectivity index (χ4v) is 1.93. The average molecular weight is 283 g/mol.